The number of nitrogens with zero attached hydrogens (tertiary/aromatic N) is 1. The van der Waals surface area contributed by atoms with Crippen LogP contribution < -0.4 is 9.47 Å². The molecule has 0 saturated heterocycles. The maximum absolute atomic E-state index is 13.4. The van der Waals surface area contributed by atoms with E-state index in [4.69, 9.17) is 14.5 Å². The number of carbonyl (C=O) groups excluding carboxylic acids is 2. The Morgan fingerprint density at radius 1 is 0.897 bits per heavy atom. The minimum absolute atomic E-state index is 0.0315. The highest BCUT2D eigenvalue weighted by Crippen LogP contribution is 2.49. The van der Waals surface area contributed by atoms with Gasteiger partial charge in [0.15, 0.2) is 23.1 Å². The molecule has 2 atom stereocenters. The number of hydrogen-bond donors (Lipinski definition) is 0. The van der Waals surface area contributed by atoms with Crippen molar-refractivity contribution in [3.63, 3.8) is 0 Å². The molecular weight excluding hydrogens is 366 g/mol. The lowest BCUT2D eigenvalue weighted by Gasteiger charge is -2.33. The van der Waals surface area contributed by atoms with E-state index in [1.54, 1.807) is 14.2 Å². The molecule has 0 aromatic heterocycles. The predicted molar refractivity (Wildman–Crippen MR) is 109 cm³/mol. The maximum atomic E-state index is 13.4. The van der Waals surface area contributed by atoms with Crippen molar-refractivity contribution >= 4 is 17.3 Å². The van der Waals surface area contributed by atoms with Crippen LogP contribution in [0.1, 0.15) is 46.7 Å². The Labute approximate surface area is 169 Å². The summed E-state index contributed by atoms with van der Waals surface area (Å²) < 4.78 is 10.9. The smallest absolute Gasteiger partial charge is 0.173 e. The minimum Gasteiger partial charge on any atom is -0.493 e. The lowest BCUT2D eigenvalue weighted by Crippen LogP contribution is -2.33. The summed E-state index contributed by atoms with van der Waals surface area (Å²) in [7, 11) is 3.17. The average molecular weight is 387 g/mol. The van der Waals surface area contributed by atoms with Gasteiger partial charge >= 0.3 is 0 Å². The quantitative estimate of drug-likeness (QED) is 0.795. The van der Waals surface area contributed by atoms with E-state index < -0.39 is 5.92 Å². The van der Waals surface area contributed by atoms with E-state index >= 15 is 0 Å². The van der Waals surface area contributed by atoms with Crippen molar-refractivity contribution in [3.05, 3.63) is 70.4 Å². The van der Waals surface area contributed by atoms with Crippen molar-refractivity contribution in [1.82, 2.24) is 0 Å². The molecule has 2 aromatic carbocycles. The van der Waals surface area contributed by atoms with Crippen LogP contribution in [0.2, 0.25) is 0 Å². The number of carbonyl (C=O) groups is 2. The number of fused-ring (bicyclic) bond motifs is 3. The first-order valence-electron chi connectivity index (χ1n) is 9.84. The fourth-order valence-electron chi connectivity index (χ4n) is 4.85. The largest absolute Gasteiger partial charge is 0.493 e. The molecule has 1 aliphatic heterocycles. The Balaban J connectivity index is 1.74. The summed E-state index contributed by atoms with van der Waals surface area (Å²) in [6, 6.07) is 13.3. The molecule has 5 nitrogen and oxygen atoms in total. The Kier molecular flexibility index (Phi) is 4.12. The van der Waals surface area contributed by atoms with Gasteiger partial charge in [0.25, 0.3) is 0 Å². The molecule has 3 aliphatic rings. The van der Waals surface area contributed by atoms with Gasteiger partial charge in [-0.1, -0.05) is 30.3 Å². The zero-order chi connectivity index (χ0) is 20.1. The molecule has 0 spiro atoms. The second-order valence-corrected chi connectivity index (χ2v) is 7.61. The first-order valence-corrected chi connectivity index (χ1v) is 9.84. The molecule has 0 fully saturated rings. The number of rotatable bonds is 3. The number of aliphatic imine (C=N–C) groups is 1. The van der Waals surface area contributed by atoms with E-state index in [-0.39, 0.29) is 17.5 Å². The minimum atomic E-state index is -0.480. The molecule has 0 unspecified atom stereocenters. The summed E-state index contributed by atoms with van der Waals surface area (Å²) in [5.41, 5.74) is 4.77. The fraction of sp³-hybridized carbons (Fsp3) is 0.292. The highest BCUT2D eigenvalue weighted by molar-refractivity contribution is 6.30. The monoisotopic (exact) mass is 387 g/mol. The normalized spacial score (nSPS) is 22.6. The number of benzene rings is 2. The molecule has 5 rings (SSSR count). The number of Topliss-reactive ketones (excluding diaryl/α,β-unsaturated/α-hetero) is 2. The maximum Gasteiger partial charge on any atom is 0.173 e. The molecular formula is C24H21NO4. The van der Waals surface area contributed by atoms with Gasteiger partial charge in [0.2, 0.25) is 0 Å². The zero-order valence-corrected chi connectivity index (χ0v) is 16.4. The first-order chi connectivity index (χ1) is 14.1. The number of methoxy groups -OCH3 is 2. The van der Waals surface area contributed by atoms with Crippen LogP contribution in [0.5, 0.6) is 11.5 Å². The second-order valence-electron chi connectivity index (χ2n) is 7.61. The van der Waals surface area contributed by atoms with Gasteiger partial charge in [0.05, 0.1) is 25.8 Å². The summed E-state index contributed by atoms with van der Waals surface area (Å²) in [6.07, 6.45) is 2.06. The van der Waals surface area contributed by atoms with Gasteiger partial charge in [0.1, 0.15) is 0 Å². The second kappa shape index (κ2) is 6.69. The van der Waals surface area contributed by atoms with Crippen molar-refractivity contribution in [2.24, 2.45) is 10.9 Å². The Morgan fingerprint density at radius 3 is 2.41 bits per heavy atom. The first kappa shape index (κ1) is 17.9. The molecule has 0 radical (unpaired) electrons. The molecule has 0 saturated carbocycles. The Morgan fingerprint density at radius 2 is 1.66 bits per heavy atom. The summed E-state index contributed by atoms with van der Waals surface area (Å²) in [4.78, 5) is 31.2. The molecule has 2 aliphatic carbocycles. The SMILES string of the molecule is COc1ccc([C@@H]2C3=C(CCCC3=O)N=C3c4ccccc4C(=O)[C@H]32)cc1OC. The summed E-state index contributed by atoms with van der Waals surface area (Å²) in [6.45, 7) is 0. The Hall–Kier alpha value is -3.21. The molecule has 0 bridgehead atoms. The van der Waals surface area contributed by atoms with Crippen molar-refractivity contribution in [3.8, 4) is 11.5 Å². The topological polar surface area (TPSA) is 65.0 Å². The van der Waals surface area contributed by atoms with Crippen LogP contribution in [-0.4, -0.2) is 31.5 Å². The predicted octanol–water partition coefficient (Wildman–Crippen LogP) is 4.11. The van der Waals surface area contributed by atoms with Gasteiger partial charge in [-0.05, 0) is 30.5 Å². The number of hydrogen-bond acceptors (Lipinski definition) is 5. The van der Waals surface area contributed by atoms with Crippen LogP contribution in [-0.2, 0) is 4.79 Å². The van der Waals surface area contributed by atoms with Crippen molar-refractivity contribution in [1.29, 1.82) is 0 Å². The van der Waals surface area contributed by atoms with Crippen LogP contribution >= 0.6 is 0 Å². The van der Waals surface area contributed by atoms with Gasteiger partial charge < -0.3 is 9.47 Å². The third-order valence-electron chi connectivity index (χ3n) is 6.14. The molecule has 2 aromatic rings. The summed E-state index contributed by atoms with van der Waals surface area (Å²) in [5.74, 6) is 0.492. The van der Waals surface area contributed by atoms with Crippen LogP contribution in [0, 0.1) is 5.92 Å². The summed E-state index contributed by atoms with van der Waals surface area (Å²) in [5, 5.41) is 0. The van der Waals surface area contributed by atoms with Crippen molar-refractivity contribution in [2.75, 3.05) is 14.2 Å². The van der Waals surface area contributed by atoms with E-state index in [0.29, 0.717) is 29.1 Å². The van der Waals surface area contributed by atoms with Gasteiger partial charge in [0, 0.05) is 34.7 Å². The van der Waals surface area contributed by atoms with E-state index in [1.165, 1.54) is 0 Å². The third-order valence-corrected chi connectivity index (χ3v) is 6.14. The van der Waals surface area contributed by atoms with Gasteiger partial charge in [-0.3, -0.25) is 14.6 Å². The highest BCUT2D eigenvalue weighted by atomic mass is 16.5. The molecule has 146 valence electrons. The van der Waals surface area contributed by atoms with Gasteiger partial charge in [-0.2, -0.15) is 0 Å². The zero-order valence-electron chi connectivity index (χ0n) is 16.4. The molecule has 0 amide bonds. The molecule has 0 N–H and O–H groups in total. The van der Waals surface area contributed by atoms with Crippen LogP contribution in [0.15, 0.2) is 58.7 Å². The van der Waals surface area contributed by atoms with Crippen molar-refractivity contribution < 1.29 is 19.1 Å². The number of ether oxygens (including phenoxy) is 2. The lowest BCUT2D eigenvalue weighted by atomic mass is 9.71. The Bertz CT molecular complexity index is 1110. The number of allylic oxidation sites excluding steroid dienone is 2. The molecule has 1 heterocycles. The van der Waals surface area contributed by atoms with Crippen LogP contribution in [0.4, 0.5) is 0 Å². The molecule has 29 heavy (non-hydrogen) atoms. The van der Waals surface area contributed by atoms with E-state index in [1.807, 2.05) is 42.5 Å². The lowest BCUT2D eigenvalue weighted by molar-refractivity contribution is -0.116. The summed E-state index contributed by atoms with van der Waals surface area (Å²) >= 11 is 0. The van der Waals surface area contributed by atoms with Crippen LogP contribution in [0.3, 0.4) is 0 Å². The average Bonchev–Trinajstić information content (AvgIpc) is 3.04. The molecule has 5 heteroatoms. The van der Waals surface area contributed by atoms with E-state index in [2.05, 4.69) is 0 Å². The van der Waals surface area contributed by atoms with Crippen LogP contribution in [0.25, 0.3) is 0 Å². The van der Waals surface area contributed by atoms with E-state index in [9.17, 15) is 9.59 Å². The fourth-order valence-corrected chi connectivity index (χ4v) is 4.85. The van der Waals surface area contributed by atoms with Gasteiger partial charge in [-0.25, -0.2) is 0 Å². The van der Waals surface area contributed by atoms with Crippen molar-refractivity contribution in [2.45, 2.75) is 25.2 Å². The van der Waals surface area contributed by atoms with Gasteiger partial charge in [-0.15, -0.1) is 0 Å². The number of ketones is 2. The highest BCUT2D eigenvalue weighted by Gasteiger charge is 2.48. The van der Waals surface area contributed by atoms with E-state index in [0.717, 1.165) is 35.4 Å². The standard InChI is InChI=1S/C24H21NO4/c1-28-18-11-10-13(12-19(18)29-2)20-21-16(8-5-9-17(21)26)25-23-14-6-3-4-7-15(14)24(27)22(20)23/h3-4,6-7,10-12,20,22H,5,8-9H2,1-2H3/t20-,22+/m1/s1. The third kappa shape index (κ3) is 2.57.